The van der Waals surface area contributed by atoms with Gasteiger partial charge in [0.15, 0.2) is 6.04 Å². The van der Waals surface area contributed by atoms with Crippen molar-refractivity contribution in [1.82, 2.24) is 21.3 Å². The lowest BCUT2D eigenvalue weighted by Gasteiger charge is -2.26. The molecule has 5 atom stereocenters. The van der Waals surface area contributed by atoms with Crippen molar-refractivity contribution in [2.45, 2.75) is 70.8 Å². The van der Waals surface area contributed by atoms with E-state index < -0.39 is 42.0 Å². The quantitative estimate of drug-likeness (QED) is 0.277. The Kier molecular flexibility index (Phi) is 8.64. The summed E-state index contributed by atoms with van der Waals surface area (Å²) in [5.41, 5.74) is 0. The monoisotopic (exact) mass is 386 g/mol. The fourth-order valence-electron chi connectivity index (χ4n) is 2.73. The number of rotatable bonds is 9. The molecule has 0 aromatic rings. The van der Waals surface area contributed by atoms with Crippen LogP contribution >= 0.6 is 0 Å². The van der Waals surface area contributed by atoms with Gasteiger partial charge >= 0.3 is 5.97 Å². The van der Waals surface area contributed by atoms with Gasteiger partial charge in [-0.2, -0.15) is 0 Å². The average molecular weight is 386 g/mol. The molecule has 0 aliphatic carbocycles. The normalized spacial score (nSPS) is 21.0. The summed E-state index contributed by atoms with van der Waals surface area (Å²) < 4.78 is 0. The van der Waals surface area contributed by atoms with Crippen LogP contribution in [0.3, 0.4) is 0 Å². The van der Waals surface area contributed by atoms with Crippen LogP contribution < -0.4 is 21.3 Å². The summed E-state index contributed by atoms with van der Waals surface area (Å²) in [4.78, 5) is 48.0. The Labute approximate surface area is 158 Å². The summed E-state index contributed by atoms with van der Waals surface area (Å²) in [6.07, 6.45) is 0.294. The molecule has 1 aliphatic heterocycles. The van der Waals surface area contributed by atoms with Gasteiger partial charge in [-0.25, -0.2) is 4.79 Å². The minimum atomic E-state index is -1.48. The van der Waals surface area contributed by atoms with Crippen molar-refractivity contribution < 1.29 is 29.4 Å². The SMILES string of the molecule is CC(NC(=O)C1CCCN1)C(=O)NC(C(=O)NC(C(=O)O)C(C)O)C(C)C. The molecule has 6 N–H and O–H groups in total. The lowest BCUT2D eigenvalue weighted by molar-refractivity contribution is -0.145. The first-order valence-electron chi connectivity index (χ1n) is 9.10. The van der Waals surface area contributed by atoms with E-state index in [1.165, 1.54) is 13.8 Å². The average Bonchev–Trinajstić information content (AvgIpc) is 3.10. The van der Waals surface area contributed by atoms with E-state index in [1.54, 1.807) is 13.8 Å². The second-order valence-electron chi connectivity index (χ2n) is 7.17. The third kappa shape index (κ3) is 6.79. The minimum Gasteiger partial charge on any atom is -0.480 e. The number of hydrogen-bond acceptors (Lipinski definition) is 6. The Hall–Kier alpha value is -2.20. The molecule has 27 heavy (non-hydrogen) atoms. The van der Waals surface area contributed by atoms with Crippen LogP contribution in [0.2, 0.25) is 0 Å². The van der Waals surface area contributed by atoms with Gasteiger partial charge in [-0.1, -0.05) is 13.8 Å². The van der Waals surface area contributed by atoms with Crippen molar-refractivity contribution in [3.63, 3.8) is 0 Å². The van der Waals surface area contributed by atoms with Crippen LogP contribution in [0.1, 0.15) is 40.5 Å². The highest BCUT2D eigenvalue weighted by molar-refractivity contribution is 5.94. The maximum absolute atomic E-state index is 12.4. The number of nitrogens with one attached hydrogen (secondary N) is 4. The number of carboxylic acid groups (broad SMARTS) is 1. The van der Waals surface area contributed by atoms with Gasteiger partial charge in [-0.15, -0.1) is 0 Å². The summed E-state index contributed by atoms with van der Waals surface area (Å²) in [7, 11) is 0. The Morgan fingerprint density at radius 3 is 2.00 bits per heavy atom. The van der Waals surface area contributed by atoms with Crippen LogP contribution in [0, 0.1) is 5.92 Å². The highest BCUT2D eigenvalue weighted by atomic mass is 16.4. The van der Waals surface area contributed by atoms with Gasteiger partial charge < -0.3 is 31.5 Å². The number of carboxylic acids is 1. The van der Waals surface area contributed by atoms with E-state index >= 15 is 0 Å². The molecule has 1 rings (SSSR count). The fourth-order valence-corrected chi connectivity index (χ4v) is 2.73. The summed E-state index contributed by atoms with van der Waals surface area (Å²) in [6.45, 7) is 6.88. The maximum atomic E-state index is 12.4. The van der Waals surface area contributed by atoms with E-state index in [2.05, 4.69) is 21.3 Å². The molecule has 0 radical (unpaired) electrons. The third-order valence-corrected chi connectivity index (χ3v) is 4.42. The van der Waals surface area contributed by atoms with E-state index in [-0.39, 0.29) is 17.9 Å². The molecular weight excluding hydrogens is 356 g/mol. The summed E-state index contributed by atoms with van der Waals surface area (Å²) >= 11 is 0. The van der Waals surface area contributed by atoms with E-state index in [4.69, 9.17) is 5.11 Å². The Bertz CT molecular complexity index is 560. The van der Waals surface area contributed by atoms with Crippen LogP contribution in [0.25, 0.3) is 0 Å². The molecule has 10 heteroatoms. The number of aliphatic hydroxyl groups excluding tert-OH is 1. The maximum Gasteiger partial charge on any atom is 0.328 e. The molecule has 3 amide bonds. The number of carbonyl (C=O) groups excluding carboxylic acids is 3. The topological polar surface area (TPSA) is 157 Å². The smallest absolute Gasteiger partial charge is 0.328 e. The van der Waals surface area contributed by atoms with Crippen LogP contribution in [0.15, 0.2) is 0 Å². The van der Waals surface area contributed by atoms with Crippen molar-refractivity contribution in [3.05, 3.63) is 0 Å². The number of aliphatic carboxylic acids is 1. The summed E-state index contributed by atoms with van der Waals surface area (Å²) in [6, 6.07) is -3.68. The highest BCUT2D eigenvalue weighted by Crippen LogP contribution is 2.06. The van der Waals surface area contributed by atoms with Crippen molar-refractivity contribution >= 4 is 23.7 Å². The summed E-state index contributed by atoms with van der Waals surface area (Å²) in [5, 5.41) is 29.0. The number of amides is 3. The third-order valence-electron chi connectivity index (χ3n) is 4.42. The van der Waals surface area contributed by atoms with Gasteiger partial charge in [0.1, 0.15) is 12.1 Å². The molecule has 154 valence electrons. The molecule has 0 spiro atoms. The van der Waals surface area contributed by atoms with Crippen LogP contribution in [0.4, 0.5) is 0 Å². The molecular formula is C17H30N4O6. The number of aliphatic hydroxyl groups is 1. The molecule has 1 saturated heterocycles. The first-order chi connectivity index (χ1) is 12.5. The molecule has 10 nitrogen and oxygen atoms in total. The predicted molar refractivity (Wildman–Crippen MR) is 96.6 cm³/mol. The van der Waals surface area contributed by atoms with E-state index in [0.29, 0.717) is 6.42 Å². The second-order valence-corrected chi connectivity index (χ2v) is 7.17. The first kappa shape index (κ1) is 22.8. The van der Waals surface area contributed by atoms with Gasteiger partial charge in [0.05, 0.1) is 12.1 Å². The Morgan fingerprint density at radius 2 is 1.56 bits per heavy atom. The highest BCUT2D eigenvalue weighted by Gasteiger charge is 2.32. The molecule has 1 fully saturated rings. The summed E-state index contributed by atoms with van der Waals surface area (Å²) in [5.74, 6) is -3.27. The number of hydrogen-bond donors (Lipinski definition) is 6. The van der Waals surface area contributed by atoms with Crippen molar-refractivity contribution in [2.75, 3.05) is 6.54 Å². The number of carbonyl (C=O) groups is 4. The molecule has 0 bridgehead atoms. The van der Waals surface area contributed by atoms with Gasteiger partial charge in [-0.05, 0) is 39.2 Å². The van der Waals surface area contributed by atoms with Crippen molar-refractivity contribution in [2.24, 2.45) is 5.92 Å². The molecule has 0 saturated carbocycles. The van der Waals surface area contributed by atoms with Gasteiger partial charge in [0.25, 0.3) is 0 Å². The molecule has 1 heterocycles. The fraction of sp³-hybridized carbons (Fsp3) is 0.765. The minimum absolute atomic E-state index is 0.277. The van der Waals surface area contributed by atoms with E-state index in [9.17, 15) is 24.3 Å². The van der Waals surface area contributed by atoms with Crippen LogP contribution in [0.5, 0.6) is 0 Å². The molecule has 0 aromatic heterocycles. The van der Waals surface area contributed by atoms with Gasteiger partial charge in [0.2, 0.25) is 17.7 Å². The zero-order valence-corrected chi connectivity index (χ0v) is 16.1. The molecule has 0 aromatic carbocycles. The van der Waals surface area contributed by atoms with E-state index in [0.717, 1.165) is 13.0 Å². The Morgan fingerprint density at radius 1 is 0.963 bits per heavy atom. The van der Waals surface area contributed by atoms with Crippen molar-refractivity contribution in [3.8, 4) is 0 Å². The largest absolute Gasteiger partial charge is 0.480 e. The molecule has 1 aliphatic rings. The lowest BCUT2D eigenvalue weighted by atomic mass is 10.0. The Balaban J connectivity index is 2.68. The van der Waals surface area contributed by atoms with Gasteiger partial charge in [-0.3, -0.25) is 14.4 Å². The van der Waals surface area contributed by atoms with Crippen LogP contribution in [-0.2, 0) is 19.2 Å². The standard InChI is InChI=1S/C17H30N4O6/c1-8(2)12(16(25)21-13(10(4)22)17(26)27)20-14(23)9(3)19-15(24)11-6-5-7-18-11/h8-13,18,22H,5-7H2,1-4H3,(H,19,24)(H,20,23)(H,21,25)(H,26,27). The second kappa shape index (κ2) is 10.2. The predicted octanol–water partition coefficient (Wildman–Crippen LogP) is -1.67. The first-order valence-corrected chi connectivity index (χ1v) is 9.10. The zero-order valence-electron chi connectivity index (χ0n) is 16.1. The van der Waals surface area contributed by atoms with E-state index in [1.807, 2.05) is 0 Å². The lowest BCUT2D eigenvalue weighted by Crippen LogP contribution is -2.59. The van der Waals surface area contributed by atoms with Crippen LogP contribution in [-0.4, -0.2) is 70.7 Å². The molecule has 5 unspecified atom stereocenters. The van der Waals surface area contributed by atoms with Crippen molar-refractivity contribution in [1.29, 1.82) is 0 Å². The zero-order chi connectivity index (χ0) is 20.7. The van der Waals surface area contributed by atoms with Gasteiger partial charge in [0, 0.05) is 0 Å².